The van der Waals surface area contributed by atoms with Gasteiger partial charge in [0.2, 0.25) is 0 Å². The number of piperazine rings is 1. The maximum Gasteiger partial charge on any atom is 0.407 e. The molecule has 1 amide bonds. The van der Waals surface area contributed by atoms with Crippen molar-refractivity contribution in [2.45, 2.75) is 43.7 Å². The van der Waals surface area contributed by atoms with Crippen molar-refractivity contribution < 1.29 is 23.1 Å². The van der Waals surface area contributed by atoms with Gasteiger partial charge in [-0.2, -0.15) is 0 Å². The molecule has 0 aromatic carbocycles. The van der Waals surface area contributed by atoms with Crippen LogP contribution in [0.15, 0.2) is 17.2 Å². The Balaban J connectivity index is 1.44. The van der Waals surface area contributed by atoms with Gasteiger partial charge in [0.1, 0.15) is 5.75 Å². The molecule has 1 aliphatic heterocycles. The summed E-state index contributed by atoms with van der Waals surface area (Å²) in [6.45, 7) is 5.19. The molecule has 0 spiro atoms. The summed E-state index contributed by atoms with van der Waals surface area (Å²) in [5.74, 6) is 1.12. The predicted octanol–water partition coefficient (Wildman–Crippen LogP) is 2.03. The van der Waals surface area contributed by atoms with Crippen LogP contribution in [-0.4, -0.2) is 79.5 Å². The van der Waals surface area contributed by atoms with E-state index in [9.17, 15) is 13.2 Å². The Kier molecular flexibility index (Phi) is 6.44. The summed E-state index contributed by atoms with van der Waals surface area (Å²) in [6, 6.07) is 3.71. The number of ether oxygens (including phenoxy) is 1. The highest BCUT2D eigenvalue weighted by Crippen LogP contribution is 2.29. The van der Waals surface area contributed by atoms with Crippen molar-refractivity contribution in [3.63, 3.8) is 0 Å². The lowest BCUT2D eigenvalue weighted by molar-refractivity contribution is 0.0618. The molecule has 0 unspecified atom stereocenters. The first-order valence-electron chi connectivity index (χ1n) is 9.76. The quantitative estimate of drug-likeness (QED) is 0.791. The highest BCUT2D eigenvalue weighted by atomic mass is 32.2. The second-order valence-corrected chi connectivity index (χ2v) is 9.76. The molecule has 1 aromatic rings. The van der Waals surface area contributed by atoms with Crippen molar-refractivity contribution >= 4 is 15.9 Å². The van der Waals surface area contributed by atoms with E-state index in [1.165, 1.54) is 11.0 Å². The van der Waals surface area contributed by atoms with Gasteiger partial charge in [0, 0.05) is 38.5 Å². The van der Waals surface area contributed by atoms with Crippen molar-refractivity contribution in [1.29, 1.82) is 0 Å². The summed E-state index contributed by atoms with van der Waals surface area (Å²) in [5.41, 5.74) is 0.591. The lowest BCUT2D eigenvalue weighted by atomic mass is 9.85. The Bertz CT molecular complexity index is 798. The fourth-order valence-electron chi connectivity index (χ4n) is 4.05. The van der Waals surface area contributed by atoms with E-state index in [0.29, 0.717) is 43.1 Å². The van der Waals surface area contributed by atoms with Crippen LogP contribution in [0.2, 0.25) is 0 Å². The Morgan fingerprint density at radius 2 is 1.82 bits per heavy atom. The van der Waals surface area contributed by atoms with E-state index in [2.05, 4.69) is 9.88 Å². The molecule has 0 atom stereocenters. The van der Waals surface area contributed by atoms with Gasteiger partial charge in [0.25, 0.3) is 0 Å². The van der Waals surface area contributed by atoms with E-state index in [4.69, 9.17) is 9.84 Å². The van der Waals surface area contributed by atoms with Gasteiger partial charge in [0.15, 0.2) is 14.9 Å². The molecule has 1 N–H and O–H groups in total. The first-order valence-corrected chi connectivity index (χ1v) is 11.7. The monoisotopic (exact) mass is 411 g/mol. The smallest absolute Gasteiger partial charge is 0.407 e. The van der Waals surface area contributed by atoms with Crippen LogP contribution in [0, 0.1) is 12.8 Å². The zero-order chi connectivity index (χ0) is 20.3. The summed E-state index contributed by atoms with van der Waals surface area (Å²) in [7, 11) is -3.31. The van der Waals surface area contributed by atoms with Crippen LogP contribution in [0.3, 0.4) is 0 Å². The van der Waals surface area contributed by atoms with E-state index in [1.54, 1.807) is 13.0 Å². The Labute approximate surface area is 166 Å². The van der Waals surface area contributed by atoms with Crippen molar-refractivity contribution in [3.05, 3.63) is 17.8 Å². The van der Waals surface area contributed by atoms with Crippen molar-refractivity contribution in [2.24, 2.45) is 5.92 Å². The molecule has 1 saturated carbocycles. The summed E-state index contributed by atoms with van der Waals surface area (Å²) >= 11 is 0. The summed E-state index contributed by atoms with van der Waals surface area (Å²) in [4.78, 5) is 19.1. The van der Waals surface area contributed by atoms with E-state index in [1.807, 2.05) is 0 Å². The van der Waals surface area contributed by atoms with Gasteiger partial charge in [-0.25, -0.2) is 18.2 Å². The molecule has 1 aliphatic carbocycles. The van der Waals surface area contributed by atoms with Gasteiger partial charge in [-0.05, 0) is 50.7 Å². The SMILES string of the molecule is Cc1nc(S(C)(=O)=O)ccc1OCC1CCC(N2CCN(C(=O)O)CC2)CC1. The largest absolute Gasteiger partial charge is 0.491 e. The van der Waals surface area contributed by atoms with E-state index in [0.717, 1.165) is 45.0 Å². The first kappa shape index (κ1) is 20.9. The average molecular weight is 412 g/mol. The minimum atomic E-state index is -3.31. The number of hydrogen-bond acceptors (Lipinski definition) is 6. The zero-order valence-corrected chi connectivity index (χ0v) is 17.3. The lowest BCUT2D eigenvalue weighted by Gasteiger charge is -2.41. The molecular formula is C19H29N3O5S. The molecule has 156 valence electrons. The molecule has 0 radical (unpaired) electrons. The highest BCUT2D eigenvalue weighted by molar-refractivity contribution is 7.90. The third kappa shape index (κ3) is 5.14. The number of hydrogen-bond donors (Lipinski definition) is 1. The number of amides is 1. The molecule has 2 fully saturated rings. The van der Waals surface area contributed by atoms with Gasteiger partial charge in [0.05, 0.1) is 12.3 Å². The molecular weight excluding hydrogens is 382 g/mol. The molecule has 1 saturated heterocycles. The summed E-state index contributed by atoms with van der Waals surface area (Å²) in [5, 5.41) is 9.13. The van der Waals surface area contributed by atoms with Crippen LogP contribution in [0.4, 0.5) is 4.79 Å². The van der Waals surface area contributed by atoms with Crippen molar-refractivity contribution in [3.8, 4) is 5.75 Å². The third-order valence-electron chi connectivity index (χ3n) is 5.78. The van der Waals surface area contributed by atoms with Gasteiger partial charge in [-0.1, -0.05) is 0 Å². The molecule has 2 aliphatic rings. The molecule has 1 aromatic heterocycles. The number of carboxylic acid groups (broad SMARTS) is 1. The molecule has 2 heterocycles. The Hall–Kier alpha value is -1.87. The minimum absolute atomic E-state index is 0.0702. The van der Waals surface area contributed by atoms with Gasteiger partial charge in [-0.3, -0.25) is 4.90 Å². The molecule has 28 heavy (non-hydrogen) atoms. The third-order valence-corrected chi connectivity index (χ3v) is 6.77. The van der Waals surface area contributed by atoms with Crippen LogP contribution in [0.1, 0.15) is 31.4 Å². The van der Waals surface area contributed by atoms with Crippen LogP contribution >= 0.6 is 0 Å². The second kappa shape index (κ2) is 8.65. The van der Waals surface area contributed by atoms with Crippen LogP contribution in [-0.2, 0) is 9.84 Å². The van der Waals surface area contributed by atoms with Gasteiger partial charge >= 0.3 is 6.09 Å². The number of pyridine rings is 1. The number of sulfone groups is 1. The average Bonchev–Trinajstić information content (AvgIpc) is 2.67. The molecule has 9 heteroatoms. The van der Waals surface area contributed by atoms with Gasteiger partial charge in [-0.15, -0.1) is 0 Å². The number of carbonyl (C=O) groups is 1. The standard InChI is InChI=1S/C19H29N3O5S/c1-14-17(7-8-18(20-14)28(2,25)26)27-13-15-3-5-16(6-4-15)21-9-11-22(12-10-21)19(23)24/h7-8,15-16H,3-6,9-13H2,1-2H3,(H,23,24). The summed E-state index contributed by atoms with van der Waals surface area (Å²) < 4.78 is 29.1. The Morgan fingerprint density at radius 1 is 1.18 bits per heavy atom. The first-order chi connectivity index (χ1) is 13.2. The zero-order valence-electron chi connectivity index (χ0n) is 16.5. The van der Waals surface area contributed by atoms with Crippen molar-refractivity contribution in [2.75, 3.05) is 39.0 Å². The minimum Gasteiger partial charge on any atom is -0.491 e. The topological polar surface area (TPSA) is 100 Å². The molecule has 3 rings (SSSR count). The molecule has 8 nitrogen and oxygen atoms in total. The maximum absolute atomic E-state index is 11.6. The fraction of sp³-hybridized carbons (Fsp3) is 0.684. The van der Waals surface area contributed by atoms with Crippen LogP contribution < -0.4 is 4.74 Å². The van der Waals surface area contributed by atoms with Crippen LogP contribution in [0.25, 0.3) is 0 Å². The maximum atomic E-state index is 11.6. The number of rotatable bonds is 5. The molecule has 0 bridgehead atoms. The van der Waals surface area contributed by atoms with E-state index >= 15 is 0 Å². The highest BCUT2D eigenvalue weighted by Gasteiger charge is 2.29. The number of aryl methyl sites for hydroxylation is 1. The normalized spacial score (nSPS) is 24.1. The lowest BCUT2D eigenvalue weighted by Crippen LogP contribution is -2.52. The van der Waals surface area contributed by atoms with Crippen LogP contribution in [0.5, 0.6) is 5.75 Å². The van der Waals surface area contributed by atoms with Gasteiger partial charge < -0.3 is 14.7 Å². The number of aromatic nitrogens is 1. The second-order valence-electron chi connectivity index (χ2n) is 7.80. The fourth-order valence-corrected chi connectivity index (χ4v) is 4.66. The van der Waals surface area contributed by atoms with E-state index in [-0.39, 0.29) is 5.03 Å². The predicted molar refractivity (Wildman–Crippen MR) is 104 cm³/mol. The number of nitrogens with zero attached hydrogens (tertiary/aromatic N) is 3. The van der Waals surface area contributed by atoms with E-state index < -0.39 is 15.9 Å². The van der Waals surface area contributed by atoms with Crippen molar-refractivity contribution in [1.82, 2.24) is 14.8 Å². The Morgan fingerprint density at radius 3 is 2.36 bits per heavy atom. The summed E-state index contributed by atoms with van der Waals surface area (Å²) in [6.07, 6.45) is 4.69.